The summed E-state index contributed by atoms with van der Waals surface area (Å²) in [6.45, 7) is 11.2. The van der Waals surface area contributed by atoms with Crippen LogP contribution in [0.4, 0.5) is 0 Å². The molecule has 0 saturated heterocycles. The van der Waals surface area contributed by atoms with Crippen LogP contribution < -0.4 is 8.97 Å². The van der Waals surface area contributed by atoms with Gasteiger partial charge in [-0.05, 0) is 99.7 Å². The normalized spacial score (nSPS) is 17.6. The molecule has 10 rings (SSSR count). The number of nitrogens with zero attached hydrogens (tertiary/aromatic N) is 3. The van der Waals surface area contributed by atoms with Crippen LogP contribution in [0.5, 0.6) is 0 Å². The molecule has 0 bridgehead atoms. The van der Waals surface area contributed by atoms with E-state index in [0.717, 1.165) is 22.0 Å². The Morgan fingerprint density at radius 2 is 1.68 bits per heavy atom. The summed E-state index contributed by atoms with van der Waals surface area (Å²) in [4.78, 5) is 6.36. The number of thiophene rings is 1. The maximum absolute atomic E-state index is 6.67. The molecule has 4 nitrogen and oxygen atoms in total. The van der Waals surface area contributed by atoms with Gasteiger partial charge in [0.15, 0.2) is 18.0 Å². The molecule has 1 aliphatic heterocycles. The van der Waals surface area contributed by atoms with Crippen LogP contribution in [0.25, 0.3) is 59.7 Å². The Bertz CT molecular complexity index is 2660. The molecule has 1 aliphatic carbocycles. The summed E-state index contributed by atoms with van der Waals surface area (Å²) < 4.78 is 13.2. The Morgan fingerprint density at radius 3 is 2.57 bits per heavy atom. The Labute approximate surface area is 277 Å². The molecule has 2 aromatic carbocycles. The molecule has 5 heteroatoms. The number of pyridine rings is 4. The van der Waals surface area contributed by atoms with Gasteiger partial charge in [-0.1, -0.05) is 30.7 Å². The molecule has 0 saturated carbocycles. The Balaban J connectivity index is 1.36. The third-order valence-electron chi connectivity index (χ3n) is 11.2. The third-order valence-corrected chi connectivity index (χ3v) is 12.4. The van der Waals surface area contributed by atoms with E-state index in [4.69, 9.17) is 9.40 Å². The topological polar surface area (TPSA) is 34.0 Å². The summed E-state index contributed by atoms with van der Waals surface area (Å²) in [7, 11) is 0. The Kier molecular flexibility index (Phi) is 5.68. The average Bonchev–Trinajstić information content (AvgIpc) is 3.62. The largest absolute Gasteiger partial charge is 0.437 e. The second-order valence-electron chi connectivity index (χ2n) is 14.2. The minimum absolute atomic E-state index is 0.109. The van der Waals surface area contributed by atoms with Crippen molar-refractivity contribution in [3.63, 3.8) is 0 Å². The van der Waals surface area contributed by atoms with Crippen LogP contribution in [-0.4, -0.2) is 4.98 Å². The summed E-state index contributed by atoms with van der Waals surface area (Å²) in [5.41, 5.74) is 14.7. The highest BCUT2D eigenvalue weighted by Gasteiger charge is 2.44. The fourth-order valence-corrected chi connectivity index (χ4v) is 9.95. The predicted octanol–water partition coefficient (Wildman–Crippen LogP) is 9.86. The number of aryl methyl sites for hydroxylation is 6. The SMILES string of the molecule is Cc1ccc2c(c1)C(C)C(c1cc3ccc4c5ccc(C)nc5oc4c3c3cc4sc5c(c4c[n+]13)CCCC5)[n+]1cc(C)c(C)cc1-2. The predicted molar refractivity (Wildman–Crippen MR) is 192 cm³/mol. The lowest BCUT2D eigenvalue weighted by Gasteiger charge is -2.27. The van der Waals surface area contributed by atoms with Crippen LogP contribution in [0.15, 0.2) is 77.5 Å². The molecule has 0 fully saturated rings. The molecule has 8 aromatic rings. The van der Waals surface area contributed by atoms with E-state index >= 15 is 0 Å². The van der Waals surface area contributed by atoms with Crippen molar-refractivity contribution in [2.24, 2.45) is 0 Å². The van der Waals surface area contributed by atoms with Crippen molar-refractivity contribution >= 4 is 59.8 Å². The molecule has 0 spiro atoms. The van der Waals surface area contributed by atoms with Gasteiger partial charge in [0.25, 0.3) is 5.69 Å². The number of furan rings is 1. The van der Waals surface area contributed by atoms with E-state index in [2.05, 4.69) is 110 Å². The van der Waals surface area contributed by atoms with Crippen LogP contribution in [-0.2, 0) is 12.8 Å². The van der Waals surface area contributed by atoms with E-state index in [1.54, 1.807) is 10.4 Å². The summed E-state index contributed by atoms with van der Waals surface area (Å²) in [6, 6.07) is 23.2. The Morgan fingerprint density at radius 1 is 0.830 bits per heavy atom. The number of hydrogen-bond donors (Lipinski definition) is 0. The van der Waals surface area contributed by atoms with E-state index in [1.807, 2.05) is 18.3 Å². The van der Waals surface area contributed by atoms with Crippen molar-refractivity contribution in [1.82, 2.24) is 4.98 Å². The highest BCUT2D eigenvalue weighted by molar-refractivity contribution is 7.19. The first-order chi connectivity index (χ1) is 22.8. The zero-order valence-corrected chi connectivity index (χ0v) is 28.4. The molecule has 0 N–H and O–H groups in total. The minimum atomic E-state index is 0.109. The van der Waals surface area contributed by atoms with E-state index in [1.165, 1.54) is 91.3 Å². The van der Waals surface area contributed by atoms with Gasteiger partial charge in [0.2, 0.25) is 23.0 Å². The summed E-state index contributed by atoms with van der Waals surface area (Å²) in [5.74, 6) is 0.270. The molecule has 2 atom stereocenters. The monoisotopic (exact) mass is 631 g/mol. The first-order valence-corrected chi connectivity index (χ1v) is 17.8. The van der Waals surface area contributed by atoms with Gasteiger partial charge in [-0.2, -0.15) is 8.97 Å². The maximum Gasteiger partial charge on any atom is 0.257 e. The van der Waals surface area contributed by atoms with Gasteiger partial charge in [0, 0.05) is 55.4 Å². The van der Waals surface area contributed by atoms with Gasteiger partial charge in [-0.15, -0.1) is 11.3 Å². The van der Waals surface area contributed by atoms with Gasteiger partial charge in [-0.3, -0.25) is 0 Å². The van der Waals surface area contributed by atoms with Gasteiger partial charge in [0.1, 0.15) is 0 Å². The lowest BCUT2D eigenvalue weighted by Crippen LogP contribution is -2.51. The van der Waals surface area contributed by atoms with Gasteiger partial charge in [-0.25, -0.2) is 4.98 Å². The molecule has 0 amide bonds. The van der Waals surface area contributed by atoms with Crippen LogP contribution in [0.2, 0.25) is 0 Å². The number of hydrogen-bond acceptors (Lipinski definition) is 3. The van der Waals surface area contributed by atoms with E-state index in [0.29, 0.717) is 5.71 Å². The highest BCUT2D eigenvalue weighted by Crippen LogP contribution is 2.44. The van der Waals surface area contributed by atoms with Gasteiger partial charge >= 0.3 is 0 Å². The number of rotatable bonds is 1. The maximum atomic E-state index is 6.67. The van der Waals surface area contributed by atoms with Gasteiger partial charge < -0.3 is 4.42 Å². The van der Waals surface area contributed by atoms with Crippen molar-refractivity contribution < 1.29 is 13.4 Å². The van der Waals surface area contributed by atoms with Crippen LogP contribution >= 0.6 is 11.3 Å². The molecule has 230 valence electrons. The zero-order chi connectivity index (χ0) is 31.7. The van der Waals surface area contributed by atoms with Gasteiger partial charge in [0.05, 0.1) is 16.7 Å². The quantitative estimate of drug-likeness (QED) is 0.134. The fourth-order valence-electron chi connectivity index (χ4n) is 8.65. The zero-order valence-electron chi connectivity index (χ0n) is 27.6. The second-order valence-corrected chi connectivity index (χ2v) is 15.3. The number of benzene rings is 2. The molecule has 0 radical (unpaired) electrons. The second kappa shape index (κ2) is 9.71. The molecule has 6 aromatic heterocycles. The summed E-state index contributed by atoms with van der Waals surface area (Å²) >= 11 is 2.00. The molecule has 2 unspecified atom stereocenters. The van der Waals surface area contributed by atoms with Crippen LogP contribution in [0.3, 0.4) is 0 Å². The molecule has 7 heterocycles. The van der Waals surface area contributed by atoms with Crippen molar-refractivity contribution in [3.05, 3.63) is 117 Å². The molecule has 2 aliphatic rings. The third kappa shape index (κ3) is 3.84. The van der Waals surface area contributed by atoms with Crippen molar-refractivity contribution in [1.29, 1.82) is 0 Å². The molecule has 47 heavy (non-hydrogen) atoms. The summed E-state index contributed by atoms with van der Waals surface area (Å²) in [6.07, 6.45) is 9.80. The molecular weight excluding hydrogens is 595 g/mol. The van der Waals surface area contributed by atoms with Crippen molar-refractivity contribution in [2.45, 2.75) is 72.3 Å². The van der Waals surface area contributed by atoms with Crippen molar-refractivity contribution in [3.8, 4) is 11.3 Å². The van der Waals surface area contributed by atoms with E-state index in [9.17, 15) is 0 Å². The Hall–Kier alpha value is -4.61. The van der Waals surface area contributed by atoms with Crippen LogP contribution in [0, 0.1) is 27.7 Å². The van der Waals surface area contributed by atoms with E-state index < -0.39 is 0 Å². The first kappa shape index (κ1) is 27.5. The standard InChI is InChI=1S/C42H37N3OS/c1-22-10-13-28-32(16-22)26(5)40(45-20-24(3)23(2)17-34(28)45)36-18-27-12-15-30-31-14-11-25(4)43-42(31)46-41(30)39(27)35-19-38-33(21-44(35)36)29-8-6-7-9-37(29)47-38/h10-21,26,40H,6-9H2,1-5H3/q+2. The average molecular weight is 632 g/mol. The smallest absolute Gasteiger partial charge is 0.257 e. The lowest BCUT2D eigenvalue weighted by atomic mass is 9.81. The number of fused-ring (bicyclic) bond motifs is 13. The highest BCUT2D eigenvalue weighted by atomic mass is 32.1. The fraction of sp³-hybridized carbons (Fsp3) is 0.262. The summed E-state index contributed by atoms with van der Waals surface area (Å²) in [5, 5.41) is 5.99. The van der Waals surface area contributed by atoms with Crippen LogP contribution in [0.1, 0.15) is 75.8 Å². The minimum Gasteiger partial charge on any atom is -0.437 e. The van der Waals surface area contributed by atoms with Crippen molar-refractivity contribution in [2.75, 3.05) is 0 Å². The first-order valence-electron chi connectivity index (χ1n) is 17.0. The lowest BCUT2D eigenvalue weighted by molar-refractivity contribution is -0.726. The van der Waals surface area contributed by atoms with E-state index in [-0.39, 0.29) is 12.0 Å². The number of aromatic nitrogens is 3. The molecular formula is C42H37N3OS+2.